The summed E-state index contributed by atoms with van der Waals surface area (Å²) in [6.45, 7) is 4.16. The van der Waals surface area contributed by atoms with Gasteiger partial charge in [-0.15, -0.1) is 0 Å². The van der Waals surface area contributed by atoms with Gasteiger partial charge in [0.2, 0.25) is 0 Å². The smallest absolute Gasteiger partial charge is 0.142 e. The van der Waals surface area contributed by atoms with Gasteiger partial charge in [-0.05, 0) is 25.1 Å². The van der Waals surface area contributed by atoms with Crippen LogP contribution in [0, 0.1) is 0 Å². The van der Waals surface area contributed by atoms with Crippen LogP contribution in [-0.4, -0.2) is 45.9 Å². The van der Waals surface area contributed by atoms with Gasteiger partial charge in [0.1, 0.15) is 5.82 Å². The van der Waals surface area contributed by atoms with Gasteiger partial charge in [-0.25, -0.2) is 9.97 Å². The van der Waals surface area contributed by atoms with Crippen molar-refractivity contribution >= 4 is 0 Å². The fourth-order valence-corrected chi connectivity index (χ4v) is 2.92. The molecule has 1 aromatic carbocycles. The van der Waals surface area contributed by atoms with E-state index >= 15 is 0 Å². The summed E-state index contributed by atoms with van der Waals surface area (Å²) in [7, 11) is 2.17. The molecule has 0 N–H and O–H groups in total. The molecule has 3 rings (SSSR count). The number of nitrogens with zero attached hydrogens (tertiary/aromatic N) is 4. The van der Waals surface area contributed by atoms with E-state index in [1.807, 2.05) is 18.5 Å². The van der Waals surface area contributed by atoms with Crippen molar-refractivity contribution in [3.05, 3.63) is 60.2 Å². The molecular formula is C17H22N4. The summed E-state index contributed by atoms with van der Waals surface area (Å²) in [5, 5.41) is 0. The molecule has 0 aliphatic carbocycles. The second-order valence-electron chi connectivity index (χ2n) is 5.74. The first-order valence-electron chi connectivity index (χ1n) is 7.53. The van der Waals surface area contributed by atoms with Gasteiger partial charge in [-0.3, -0.25) is 9.80 Å². The number of hydrogen-bond donors (Lipinski definition) is 0. The van der Waals surface area contributed by atoms with Crippen molar-refractivity contribution in [2.45, 2.75) is 25.6 Å². The van der Waals surface area contributed by atoms with Crippen molar-refractivity contribution in [1.29, 1.82) is 0 Å². The molecule has 0 radical (unpaired) electrons. The highest BCUT2D eigenvalue weighted by atomic mass is 15.2. The van der Waals surface area contributed by atoms with Crippen LogP contribution < -0.4 is 0 Å². The van der Waals surface area contributed by atoms with Crippen LogP contribution in [0.2, 0.25) is 0 Å². The molecule has 4 nitrogen and oxygen atoms in total. The van der Waals surface area contributed by atoms with Crippen LogP contribution in [0.25, 0.3) is 0 Å². The zero-order chi connectivity index (χ0) is 14.5. The molecule has 0 spiro atoms. The predicted octanol–water partition coefficient (Wildman–Crippen LogP) is 2.18. The fourth-order valence-electron chi connectivity index (χ4n) is 2.92. The molecular weight excluding hydrogens is 260 g/mol. The molecule has 0 amide bonds. The molecule has 1 saturated heterocycles. The van der Waals surface area contributed by atoms with Gasteiger partial charge in [-0.1, -0.05) is 30.3 Å². The van der Waals surface area contributed by atoms with E-state index < -0.39 is 0 Å². The van der Waals surface area contributed by atoms with E-state index in [0.29, 0.717) is 6.04 Å². The molecule has 0 saturated carbocycles. The Balaban J connectivity index is 1.52. The van der Waals surface area contributed by atoms with Crippen molar-refractivity contribution in [2.24, 2.45) is 0 Å². The standard InChI is InChI=1S/C17H22N4/c1-20(14-17-18-9-5-10-19-17)16-8-11-21(13-16)12-15-6-3-2-4-7-15/h2-7,9-10,16H,8,11-14H2,1H3/t16-/m1/s1. The average Bonchev–Trinajstić information content (AvgIpc) is 2.98. The normalized spacial score (nSPS) is 19.2. The third kappa shape index (κ3) is 3.86. The van der Waals surface area contributed by atoms with E-state index in [4.69, 9.17) is 0 Å². The topological polar surface area (TPSA) is 32.3 Å². The second-order valence-corrected chi connectivity index (χ2v) is 5.74. The van der Waals surface area contributed by atoms with E-state index in [1.165, 1.54) is 18.5 Å². The minimum Gasteiger partial charge on any atom is -0.297 e. The molecule has 1 aliphatic rings. The van der Waals surface area contributed by atoms with Crippen molar-refractivity contribution in [3.63, 3.8) is 0 Å². The average molecular weight is 282 g/mol. The zero-order valence-electron chi connectivity index (χ0n) is 12.5. The first-order valence-corrected chi connectivity index (χ1v) is 7.53. The molecule has 110 valence electrons. The quantitative estimate of drug-likeness (QED) is 0.841. The van der Waals surface area contributed by atoms with Crippen LogP contribution >= 0.6 is 0 Å². The molecule has 0 bridgehead atoms. The summed E-state index contributed by atoms with van der Waals surface area (Å²) in [6, 6.07) is 13.2. The van der Waals surface area contributed by atoms with Crippen molar-refractivity contribution in [2.75, 3.05) is 20.1 Å². The molecule has 2 heterocycles. The molecule has 4 heteroatoms. The van der Waals surface area contributed by atoms with Crippen LogP contribution in [0.15, 0.2) is 48.8 Å². The highest BCUT2D eigenvalue weighted by Crippen LogP contribution is 2.18. The minimum atomic E-state index is 0.595. The molecule has 0 unspecified atom stereocenters. The van der Waals surface area contributed by atoms with Gasteiger partial charge in [0, 0.05) is 38.1 Å². The summed E-state index contributed by atoms with van der Waals surface area (Å²) in [4.78, 5) is 13.5. The lowest BCUT2D eigenvalue weighted by molar-refractivity contribution is 0.218. The van der Waals surface area contributed by atoms with Crippen molar-refractivity contribution in [3.8, 4) is 0 Å². The number of aromatic nitrogens is 2. The lowest BCUT2D eigenvalue weighted by atomic mass is 10.2. The Labute approximate surface area is 126 Å². The van der Waals surface area contributed by atoms with Crippen molar-refractivity contribution < 1.29 is 0 Å². The lowest BCUT2D eigenvalue weighted by Gasteiger charge is -2.24. The lowest BCUT2D eigenvalue weighted by Crippen LogP contribution is -2.34. The first-order chi connectivity index (χ1) is 10.3. The van der Waals surface area contributed by atoms with Crippen LogP contribution in [0.4, 0.5) is 0 Å². The van der Waals surface area contributed by atoms with Crippen molar-refractivity contribution in [1.82, 2.24) is 19.8 Å². The second kappa shape index (κ2) is 6.78. The predicted molar refractivity (Wildman–Crippen MR) is 83.6 cm³/mol. The van der Waals surface area contributed by atoms with E-state index in [1.54, 1.807) is 0 Å². The SMILES string of the molecule is CN(Cc1ncccn1)[C@@H]1CCN(Cc2ccccc2)C1. The number of benzene rings is 1. The van der Waals surface area contributed by atoms with Gasteiger partial charge >= 0.3 is 0 Å². The van der Waals surface area contributed by atoms with Gasteiger partial charge in [0.15, 0.2) is 0 Å². The number of rotatable bonds is 5. The maximum Gasteiger partial charge on any atom is 0.142 e. The molecule has 1 aromatic heterocycles. The Morgan fingerprint density at radius 3 is 2.67 bits per heavy atom. The third-order valence-electron chi connectivity index (χ3n) is 4.13. The largest absolute Gasteiger partial charge is 0.297 e. The molecule has 2 aromatic rings. The Kier molecular flexibility index (Phi) is 4.58. The van der Waals surface area contributed by atoms with Crippen LogP contribution in [0.1, 0.15) is 17.8 Å². The van der Waals surface area contributed by atoms with E-state index in [2.05, 4.69) is 57.1 Å². The van der Waals surface area contributed by atoms with Gasteiger partial charge in [0.05, 0.1) is 6.54 Å². The molecule has 1 fully saturated rings. The molecule has 1 atom stereocenters. The maximum atomic E-state index is 4.31. The highest BCUT2D eigenvalue weighted by molar-refractivity contribution is 5.14. The number of likely N-dealkylation sites (tertiary alicyclic amines) is 1. The third-order valence-corrected chi connectivity index (χ3v) is 4.13. The summed E-state index contributed by atoms with van der Waals surface area (Å²) in [6.07, 6.45) is 4.84. The van der Waals surface area contributed by atoms with E-state index in [0.717, 1.165) is 25.5 Å². The molecule has 21 heavy (non-hydrogen) atoms. The summed E-state index contributed by atoms with van der Waals surface area (Å²) < 4.78 is 0. The first kappa shape index (κ1) is 14.2. The Bertz CT molecular complexity index is 543. The summed E-state index contributed by atoms with van der Waals surface area (Å²) in [5.74, 6) is 0.904. The monoisotopic (exact) mass is 282 g/mol. The molecule has 1 aliphatic heterocycles. The van der Waals surface area contributed by atoms with Crippen LogP contribution in [0.3, 0.4) is 0 Å². The Hall–Kier alpha value is -1.78. The Morgan fingerprint density at radius 1 is 1.14 bits per heavy atom. The minimum absolute atomic E-state index is 0.595. The Morgan fingerprint density at radius 2 is 1.90 bits per heavy atom. The van der Waals surface area contributed by atoms with E-state index in [9.17, 15) is 0 Å². The van der Waals surface area contributed by atoms with Crippen LogP contribution in [0.5, 0.6) is 0 Å². The van der Waals surface area contributed by atoms with E-state index in [-0.39, 0.29) is 0 Å². The maximum absolute atomic E-state index is 4.31. The number of hydrogen-bond acceptors (Lipinski definition) is 4. The van der Waals surface area contributed by atoms with Gasteiger partial charge in [0.25, 0.3) is 0 Å². The van der Waals surface area contributed by atoms with Crippen LogP contribution in [-0.2, 0) is 13.1 Å². The van der Waals surface area contributed by atoms with Gasteiger partial charge < -0.3 is 0 Å². The zero-order valence-corrected chi connectivity index (χ0v) is 12.5. The summed E-state index contributed by atoms with van der Waals surface area (Å²) in [5.41, 5.74) is 1.40. The summed E-state index contributed by atoms with van der Waals surface area (Å²) >= 11 is 0. The van der Waals surface area contributed by atoms with Gasteiger partial charge in [-0.2, -0.15) is 0 Å². The fraction of sp³-hybridized carbons (Fsp3) is 0.412. The number of likely N-dealkylation sites (N-methyl/N-ethyl adjacent to an activating group) is 1. The highest BCUT2D eigenvalue weighted by Gasteiger charge is 2.25.